The lowest BCUT2D eigenvalue weighted by Crippen LogP contribution is -2.34. The number of thiazole rings is 1. The van der Waals surface area contributed by atoms with Crippen molar-refractivity contribution in [2.24, 2.45) is 0 Å². The van der Waals surface area contributed by atoms with Gasteiger partial charge in [-0.25, -0.2) is 9.78 Å². The van der Waals surface area contributed by atoms with Crippen molar-refractivity contribution in [3.05, 3.63) is 33.7 Å². The monoisotopic (exact) mass is 304 g/mol. The second-order valence-corrected chi connectivity index (χ2v) is 6.14. The molecule has 2 fully saturated rings. The lowest BCUT2D eigenvalue weighted by molar-refractivity contribution is -0.125. The Labute approximate surface area is 123 Å². The number of carbonyl (C=O) groups excluding carboxylic acids is 2. The second-order valence-electron chi connectivity index (χ2n) is 5.26. The smallest absolute Gasteiger partial charge is 0.312 e. The van der Waals surface area contributed by atoms with E-state index in [2.05, 4.69) is 4.98 Å². The molecular formula is C13H12N4O3S. The summed E-state index contributed by atoms with van der Waals surface area (Å²) in [6.07, 6.45) is 3.58. The highest BCUT2D eigenvalue weighted by Gasteiger charge is 2.43. The fourth-order valence-corrected chi connectivity index (χ4v) is 3.26. The Morgan fingerprint density at radius 1 is 1.29 bits per heavy atom. The third-order valence-corrected chi connectivity index (χ3v) is 4.50. The van der Waals surface area contributed by atoms with Gasteiger partial charge in [0.05, 0.1) is 12.2 Å². The highest BCUT2D eigenvalue weighted by Crippen LogP contribution is 2.30. The lowest BCUT2D eigenvalue weighted by atomic mass is 10.3. The number of urea groups is 1. The van der Waals surface area contributed by atoms with Crippen LogP contribution in [0, 0.1) is 0 Å². The van der Waals surface area contributed by atoms with E-state index < -0.39 is 0 Å². The van der Waals surface area contributed by atoms with Gasteiger partial charge < -0.3 is 4.90 Å². The summed E-state index contributed by atoms with van der Waals surface area (Å²) in [5.74, 6) is -0.222. The Bertz CT molecular complexity index is 807. The highest BCUT2D eigenvalue weighted by atomic mass is 32.1. The number of hydrogen-bond donors (Lipinski definition) is 0. The molecule has 8 heteroatoms. The van der Waals surface area contributed by atoms with Crippen molar-refractivity contribution in [1.29, 1.82) is 0 Å². The van der Waals surface area contributed by atoms with Crippen LogP contribution in [0.2, 0.25) is 0 Å². The molecule has 0 radical (unpaired) electrons. The van der Waals surface area contributed by atoms with Crippen LogP contribution in [-0.4, -0.2) is 43.7 Å². The maximum Gasteiger partial charge on any atom is 0.327 e. The summed E-state index contributed by atoms with van der Waals surface area (Å²) >= 11 is 1.34. The van der Waals surface area contributed by atoms with E-state index in [1.54, 1.807) is 16.5 Å². The molecule has 2 aliphatic rings. The molecule has 0 unspecified atom stereocenters. The van der Waals surface area contributed by atoms with Crippen LogP contribution in [0.5, 0.6) is 0 Å². The van der Waals surface area contributed by atoms with Crippen LogP contribution in [0.15, 0.2) is 22.4 Å². The van der Waals surface area contributed by atoms with E-state index >= 15 is 0 Å². The average molecular weight is 304 g/mol. The van der Waals surface area contributed by atoms with Crippen molar-refractivity contribution < 1.29 is 9.59 Å². The fourth-order valence-electron chi connectivity index (χ4n) is 2.52. The van der Waals surface area contributed by atoms with E-state index in [-0.39, 0.29) is 36.6 Å². The molecular weight excluding hydrogens is 292 g/mol. The highest BCUT2D eigenvalue weighted by molar-refractivity contribution is 7.15. The Hall–Kier alpha value is -2.22. The molecule has 2 aromatic rings. The number of rotatable bonds is 3. The van der Waals surface area contributed by atoms with Crippen LogP contribution in [0.3, 0.4) is 0 Å². The van der Waals surface area contributed by atoms with E-state index in [0.717, 1.165) is 12.8 Å². The normalized spacial score (nSPS) is 19.0. The number of carbonyl (C=O) groups is 2. The Morgan fingerprint density at radius 2 is 2.10 bits per heavy atom. The molecule has 4 rings (SSSR count). The van der Waals surface area contributed by atoms with E-state index in [1.165, 1.54) is 26.7 Å². The fraction of sp³-hybridized carbons (Fsp3) is 0.385. The summed E-state index contributed by atoms with van der Waals surface area (Å²) in [7, 11) is 0. The summed E-state index contributed by atoms with van der Waals surface area (Å²) in [6, 6.07) is 1.32. The minimum Gasteiger partial charge on any atom is -0.312 e. The number of imide groups is 1. The van der Waals surface area contributed by atoms with E-state index in [0.29, 0.717) is 10.7 Å². The van der Waals surface area contributed by atoms with Gasteiger partial charge in [0.2, 0.25) is 0 Å². The topological polar surface area (TPSA) is 75.0 Å². The molecule has 21 heavy (non-hydrogen) atoms. The molecule has 0 spiro atoms. The van der Waals surface area contributed by atoms with Gasteiger partial charge in [-0.2, -0.15) is 0 Å². The first-order chi connectivity index (χ1) is 10.1. The molecule has 3 heterocycles. The van der Waals surface area contributed by atoms with Gasteiger partial charge in [0.25, 0.3) is 11.5 Å². The predicted molar refractivity (Wildman–Crippen MR) is 75.0 cm³/mol. The Balaban J connectivity index is 1.63. The van der Waals surface area contributed by atoms with Crippen molar-refractivity contribution in [1.82, 2.24) is 19.2 Å². The minimum absolute atomic E-state index is 0.0600. The minimum atomic E-state index is -0.268. The Morgan fingerprint density at radius 3 is 2.86 bits per heavy atom. The van der Waals surface area contributed by atoms with Gasteiger partial charge in [-0.1, -0.05) is 0 Å². The first-order valence-corrected chi connectivity index (χ1v) is 7.58. The van der Waals surface area contributed by atoms with E-state index in [1.807, 2.05) is 0 Å². The van der Waals surface area contributed by atoms with Crippen LogP contribution < -0.4 is 5.56 Å². The summed E-state index contributed by atoms with van der Waals surface area (Å²) in [6.45, 7) is 0.203. The zero-order chi connectivity index (χ0) is 14.6. The largest absolute Gasteiger partial charge is 0.327 e. The molecule has 3 amide bonds. The molecule has 7 nitrogen and oxygen atoms in total. The molecule has 1 aliphatic carbocycles. The second kappa shape index (κ2) is 4.39. The van der Waals surface area contributed by atoms with E-state index in [4.69, 9.17) is 0 Å². The first kappa shape index (κ1) is 12.5. The standard InChI is InChI=1S/C13H12N4O3S/c18-10-5-8(14-12-15(10)3-4-21-12)6-17-11(19)7-16(13(17)20)9-1-2-9/h3-5,9H,1-2,6-7H2. The van der Waals surface area contributed by atoms with Gasteiger partial charge in [-0.05, 0) is 12.8 Å². The molecule has 0 atom stereocenters. The summed E-state index contributed by atoms with van der Waals surface area (Å²) in [5, 5.41) is 1.77. The SMILES string of the molecule is O=C1CN(C2CC2)C(=O)N1Cc1cc(=O)n2ccsc2n1. The Kier molecular flexibility index (Phi) is 2.61. The van der Waals surface area contributed by atoms with Crippen LogP contribution in [0.1, 0.15) is 18.5 Å². The van der Waals surface area contributed by atoms with Crippen molar-refractivity contribution >= 4 is 28.2 Å². The zero-order valence-corrected chi connectivity index (χ0v) is 11.9. The molecule has 1 saturated heterocycles. The number of amides is 3. The van der Waals surface area contributed by atoms with Crippen molar-refractivity contribution in [3.63, 3.8) is 0 Å². The molecule has 1 aliphatic heterocycles. The number of hydrogen-bond acceptors (Lipinski definition) is 5. The molecule has 0 aromatic carbocycles. The van der Waals surface area contributed by atoms with Gasteiger partial charge >= 0.3 is 6.03 Å². The maximum atomic E-state index is 12.2. The van der Waals surface area contributed by atoms with Crippen LogP contribution in [-0.2, 0) is 11.3 Å². The van der Waals surface area contributed by atoms with Gasteiger partial charge in [-0.3, -0.25) is 18.9 Å². The van der Waals surface area contributed by atoms with Crippen LogP contribution in [0.4, 0.5) is 4.79 Å². The average Bonchev–Trinajstić information content (AvgIpc) is 3.11. The van der Waals surface area contributed by atoms with Gasteiger partial charge in [0, 0.05) is 23.7 Å². The number of aromatic nitrogens is 2. The summed E-state index contributed by atoms with van der Waals surface area (Å²) < 4.78 is 1.44. The number of fused-ring (bicyclic) bond motifs is 1. The van der Waals surface area contributed by atoms with E-state index in [9.17, 15) is 14.4 Å². The molecule has 0 bridgehead atoms. The number of nitrogens with zero attached hydrogens (tertiary/aromatic N) is 4. The zero-order valence-electron chi connectivity index (χ0n) is 11.1. The predicted octanol–water partition coefficient (Wildman–Crippen LogP) is 0.683. The quantitative estimate of drug-likeness (QED) is 0.782. The first-order valence-electron chi connectivity index (χ1n) is 6.70. The molecule has 1 saturated carbocycles. The molecule has 0 N–H and O–H groups in total. The molecule has 108 valence electrons. The van der Waals surface area contributed by atoms with Crippen LogP contribution in [0.25, 0.3) is 4.96 Å². The van der Waals surface area contributed by atoms with Gasteiger partial charge in [0.15, 0.2) is 4.96 Å². The third-order valence-electron chi connectivity index (χ3n) is 3.75. The van der Waals surface area contributed by atoms with Crippen molar-refractivity contribution in [2.75, 3.05) is 6.54 Å². The maximum absolute atomic E-state index is 12.2. The summed E-state index contributed by atoms with van der Waals surface area (Å²) in [4.78, 5) is 43.8. The van der Waals surface area contributed by atoms with Gasteiger partial charge in [0.1, 0.15) is 6.54 Å². The van der Waals surface area contributed by atoms with Crippen LogP contribution >= 0.6 is 11.3 Å². The molecule has 2 aromatic heterocycles. The summed E-state index contributed by atoms with van der Waals surface area (Å²) in [5.41, 5.74) is 0.246. The van der Waals surface area contributed by atoms with Crippen molar-refractivity contribution in [2.45, 2.75) is 25.4 Å². The van der Waals surface area contributed by atoms with Crippen molar-refractivity contribution in [3.8, 4) is 0 Å². The third kappa shape index (κ3) is 2.02. The lowest BCUT2D eigenvalue weighted by Gasteiger charge is -2.16. The van der Waals surface area contributed by atoms with Gasteiger partial charge in [-0.15, -0.1) is 11.3 Å².